The lowest BCUT2D eigenvalue weighted by molar-refractivity contribution is -0.115. The van der Waals surface area contributed by atoms with Crippen LogP contribution in [0.3, 0.4) is 0 Å². The van der Waals surface area contributed by atoms with Gasteiger partial charge in [-0.1, -0.05) is 6.07 Å². The van der Waals surface area contributed by atoms with E-state index < -0.39 is 0 Å². The summed E-state index contributed by atoms with van der Waals surface area (Å²) in [6, 6.07) is 6.00. The fraction of sp³-hybridized carbons (Fsp3) is 0.462. The number of amides is 1. The standard InChI is InChI=1S/C13H15NO3S/c1-8-12(16)14-10-4-9(2-3-11(10)18-8)13(5-15)6-17-7-13/h2-4,8,15H,5-7H2,1H3,(H,14,16). The zero-order valence-electron chi connectivity index (χ0n) is 10.1. The number of anilines is 1. The Morgan fingerprint density at radius 2 is 2.33 bits per heavy atom. The number of carbonyl (C=O) groups excluding carboxylic acids is 1. The fourth-order valence-corrected chi connectivity index (χ4v) is 3.17. The number of ether oxygens (including phenoxy) is 1. The maximum absolute atomic E-state index is 11.7. The molecule has 0 saturated carbocycles. The van der Waals surface area contributed by atoms with E-state index in [-0.39, 0.29) is 23.2 Å². The molecule has 2 N–H and O–H groups in total. The van der Waals surface area contributed by atoms with Gasteiger partial charge >= 0.3 is 0 Å². The van der Waals surface area contributed by atoms with E-state index in [1.54, 1.807) is 11.8 Å². The molecule has 0 bridgehead atoms. The Morgan fingerprint density at radius 3 is 2.94 bits per heavy atom. The Kier molecular flexibility index (Phi) is 2.84. The maximum atomic E-state index is 11.7. The Bertz CT molecular complexity index is 493. The van der Waals surface area contributed by atoms with Gasteiger partial charge in [0.05, 0.1) is 36.2 Å². The van der Waals surface area contributed by atoms with Crippen molar-refractivity contribution < 1.29 is 14.6 Å². The molecule has 1 aromatic rings. The minimum absolute atomic E-state index is 0.0348. The van der Waals surface area contributed by atoms with Gasteiger partial charge in [-0.2, -0.15) is 0 Å². The van der Waals surface area contributed by atoms with Gasteiger partial charge in [0, 0.05) is 4.90 Å². The summed E-state index contributed by atoms with van der Waals surface area (Å²) in [7, 11) is 0. The molecule has 1 atom stereocenters. The molecule has 3 rings (SSSR count). The summed E-state index contributed by atoms with van der Waals surface area (Å²) in [5, 5.41) is 12.4. The molecule has 2 aliphatic rings. The van der Waals surface area contributed by atoms with E-state index >= 15 is 0 Å². The molecule has 1 amide bonds. The maximum Gasteiger partial charge on any atom is 0.237 e. The monoisotopic (exact) mass is 265 g/mol. The van der Waals surface area contributed by atoms with Crippen molar-refractivity contribution in [2.45, 2.75) is 22.5 Å². The predicted molar refractivity (Wildman–Crippen MR) is 70.0 cm³/mol. The molecule has 0 spiro atoms. The van der Waals surface area contributed by atoms with E-state index in [9.17, 15) is 9.90 Å². The average Bonchev–Trinajstić information content (AvgIpc) is 2.30. The SMILES string of the molecule is CC1Sc2ccc(C3(CO)COC3)cc2NC1=O. The molecule has 1 aromatic carbocycles. The van der Waals surface area contributed by atoms with Crippen LogP contribution in [0.4, 0.5) is 5.69 Å². The van der Waals surface area contributed by atoms with Crippen molar-refractivity contribution in [2.24, 2.45) is 0 Å². The van der Waals surface area contributed by atoms with Crippen LogP contribution in [0.2, 0.25) is 0 Å². The van der Waals surface area contributed by atoms with Gasteiger partial charge in [-0.25, -0.2) is 0 Å². The number of benzene rings is 1. The molecule has 2 heterocycles. The van der Waals surface area contributed by atoms with Gasteiger partial charge in [0.15, 0.2) is 0 Å². The number of rotatable bonds is 2. The van der Waals surface area contributed by atoms with Gasteiger partial charge in [0.25, 0.3) is 0 Å². The first-order valence-corrected chi connectivity index (χ1v) is 6.83. The van der Waals surface area contributed by atoms with Crippen LogP contribution in [-0.2, 0) is 14.9 Å². The zero-order chi connectivity index (χ0) is 12.8. The zero-order valence-corrected chi connectivity index (χ0v) is 10.9. The smallest absolute Gasteiger partial charge is 0.237 e. The van der Waals surface area contributed by atoms with Crippen molar-refractivity contribution >= 4 is 23.4 Å². The number of hydrogen-bond acceptors (Lipinski definition) is 4. The van der Waals surface area contributed by atoms with Crippen molar-refractivity contribution in [3.63, 3.8) is 0 Å². The van der Waals surface area contributed by atoms with Crippen molar-refractivity contribution in [1.82, 2.24) is 0 Å². The predicted octanol–water partition coefficient (Wildman–Crippen LogP) is 1.38. The topological polar surface area (TPSA) is 58.6 Å². The third-order valence-electron chi connectivity index (χ3n) is 3.58. The minimum atomic E-state index is -0.284. The molecular weight excluding hydrogens is 250 g/mol. The molecule has 2 aliphatic heterocycles. The van der Waals surface area contributed by atoms with Crippen LogP contribution < -0.4 is 5.32 Å². The van der Waals surface area contributed by atoms with Crippen LogP contribution in [0.5, 0.6) is 0 Å². The highest BCUT2D eigenvalue weighted by Gasteiger charge is 2.40. The molecule has 0 aromatic heterocycles. The van der Waals surface area contributed by atoms with E-state index in [0.717, 1.165) is 16.1 Å². The van der Waals surface area contributed by atoms with Crippen LogP contribution in [0, 0.1) is 0 Å². The van der Waals surface area contributed by atoms with Gasteiger partial charge in [-0.15, -0.1) is 11.8 Å². The second-order valence-electron chi connectivity index (χ2n) is 4.89. The largest absolute Gasteiger partial charge is 0.395 e. The summed E-state index contributed by atoms with van der Waals surface area (Å²) < 4.78 is 5.21. The third kappa shape index (κ3) is 1.74. The highest BCUT2D eigenvalue weighted by Crippen LogP contribution is 2.40. The molecular formula is C13H15NO3S. The number of nitrogens with one attached hydrogen (secondary N) is 1. The highest BCUT2D eigenvalue weighted by atomic mass is 32.2. The second kappa shape index (κ2) is 4.26. The molecule has 1 saturated heterocycles. The molecule has 4 nitrogen and oxygen atoms in total. The summed E-state index contributed by atoms with van der Waals surface area (Å²) in [6.45, 7) is 3.05. The lowest BCUT2D eigenvalue weighted by Crippen LogP contribution is -2.49. The van der Waals surface area contributed by atoms with Crippen LogP contribution in [0.25, 0.3) is 0 Å². The van der Waals surface area contributed by atoms with Crippen LogP contribution in [0.1, 0.15) is 12.5 Å². The van der Waals surface area contributed by atoms with E-state index in [0.29, 0.717) is 13.2 Å². The Hall–Kier alpha value is -1.04. The quantitative estimate of drug-likeness (QED) is 0.848. The van der Waals surface area contributed by atoms with Crippen molar-refractivity contribution in [2.75, 3.05) is 25.1 Å². The average molecular weight is 265 g/mol. The minimum Gasteiger partial charge on any atom is -0.395 e. The van der Waals surface area contributed by atoms with Gasteiger partial charge in [0.1, 0.15) is 0 Å². The summed E-state index contributed by atoms with van der Waals surface area (Å²) in [5.74, 6) is 0.0348. The first-order chi connectivity index (χ1) is 8.64. The van der Waals surface area contributed by atoms with Crippen molar-refractivity contribution in [3.05, 3.63) is 23.8 Å². The number of thioether (sulfide) groups is 1. The first kappa shape index (κ1) is 12.0. The van der Waals surface area contributed by atoms with Gasteiger partial charge in [0.2, 0.25) is 5.91 Å². The van der Waals surface area contributed by atoms with Crippen LogP contribution >= 0.6 is 11.8 Å². The van der Waals surface area contributed by atoms with E-state index in [1.165, 1.54) is 0 Å². The normalized spacial score (nSPS) is 25.0. The van der Waals surface area contributed by atoms with E-state index in [2.05, 4.69) is 5.32 Å². The van der Waals surface area contributed by atoms with Gasteiger partial charge in [-0.3, -0.25) is 4.79 Å². The molecule has 18 heavy (non-hydrogen) atoms. The first-order valence-electron chi connectivity index (χ1n) is 5.95. The number of aliphatic hydroxyl groups is 1. The lowest BCUT2D eigenvalue weighted by Gasteiger charge is -2.40. The number of aliphatic hydroxyl groups excluding tert-OH is 1. The fourth-order valence-electron chi connectivity index (χ4n) is 2.24. The number of hydrogen-bond donors (Lipinski definition) is 2. The summed E-state index contributed by atoms with van der Waals surface area (Å²) in [4.78, 5) is 12.7. The third-order valence-corrected chi connectivity index (χ3v) is 4.76. The molecule has 1 unspecified atom stereocenters. The summed E-state index contributed by atoms with van der Waals surface area (Å²) in [5.41, 5.74) is 1.60. The highest BCUT2D eigenvalue weighted by molar-refractivity contribution is 8.00. The van der Waals surface area contributed by atoms with Gasteiger partial charge < -0.3 is 15.2 Å². The number of carbonyl (C=O) groups is 1. The molecule has 1 fully saturated rings. The van der Waals surface area contributed by atoms with Gasteiger partial charge in [-0.05, 0) is 24.6 Å². The molecule has 0 radical (unpaired) electrons. The van der Waals surface area contributed by atoms with Crippen LogP contribution in [-0.4, -0.2) is 36.1 Å². The second-order valence-corrected chi connectivity index (χ2v) is 6.27. The van der Waals surface area contributed by atoms with Crippen LogP contribution in [0.15, 0.2) is 23.1 Å². The van der Waals surface area contributed by atoms with Crippen molar-refractivity contribution in [3.8, 4) is 0 Å². The van der Waals surface area contributed by atoms with Crippen molar-refractivity contribution in [1.29, 1.82) is 0 Å². The van der Waals surface area contributed by atoms with E-state index in [4.69, 9.17) is 4.74 Å². The molecule has 5 heteroatoms. The Morgan fingerprint density at radius 1 is 1.56 bits per heavy atom. The van der Waals surface area contributed by atoms with E-state index in [1.807, 2.05) is 25.1 Å². The summed E-state index contributed by atoms with van der Waals surface area (Å²) >= 11 is 1.57. The Balaban J connectivity index is 1.96. The Labute approximate surface area is 110 Å². The number of fused-ring (bicyclic) bond motifs is 1. The summed E-state index contributed by atoms with van der Waals surface area (Å²) in [6.07, 6.45) is 0. The molecule has 0 aliphatic carbocycles. The lowest BCUT2D eigenvalue weighted by atomic mass is 9.79. The molecule has 96 valence electrons.